The minimum absolute atomic E-state index is 0.144. The summed E-state index contributed by atoms with van der Waals surface area (Å²) in [6.07, 6.45) is 1.69. The van der Waals surface area contributed by atoms with Crippen molar-refractivity contribution in [1.82, 2.24) is 0 Å². The van der Waals surface area contributed by atoms with Crippen molar-refractivity contribution in [2.24, 2.45) is 0 Å². The number of hydrogen-bond donors (Lipinski definition) is 2. The second kappa shape index (κ2) is 7.87. The molecule has 0 heterocycles. The average Bonchev–Trinajstić information content (AvgIpc) is 2.75. The third kappa shape index (κ3) is 3.76. The van der Waals surface area contributed by atoms with Crippen LogP contribution >= 0.6 is 0 Å². The average molecular weight is 390 g/mol. The van der Waals surface area contributed by atoms with E-state index in [9.17, 15) is 14.7 Å². The van der Waals surface area contributed by atoms with Crippen molar-refractivity contribution in [1.29, 1.82) is 0 Å². The molecule has 2 unspecified atom stereocenters. The fourth-order valence-electron chi connectivity index (χ4n) is 3.33. The molecule has 6 heteroatoms. The van der Waals surface area contributed by atoms with Crippen molar-refractivity contribution < 1.29 is 29.3 Å². The SMILES string of the molecule is O=C(OC(O)CO)c1ccc(C(=O)OC2C=Cc3cccc4cccc2c34)cc1. The van der Waals surface area contributed by atoms with Crippen molar-refractivity contribution >= 4 is 28.8 Å². The van der Waals surface area contributed by atoms with Crippen molar-refractivity contribution in [3.8, 4) is 0 Å². The number of benzene rings is 3. The van der Waals surface area contributed by atoms with Gasteiger partial charge < -0.3 is 19.7 Å². The fourth-order valence-corrected chi connectivity index (χ4v) is 3.33. The monoisotopic (exact) mass is 390 g/mol. The number of rotatable bonds is 5. The maximum atomic E-state index is 12.6. The van der Waals surface area contributed by atoms with Gasteiger partial charge in [0.15, 0.2) is 0 Å². The van der Waals surface area contributed by atoms with Crippen LogP contribution in [-0.4, -0.2) is 35.0 Å². The minimum atomic E-state index is -1.59. The number of ether oxygens (including phenoxy) is 2. The minimum Gasteiger partial charge on any atom is -0.450 e. The molecule has 1 aliphatic rings. The topological polar surface area (TPSA) is 93.1 Å². The molecule has 3 aromatic carbocycles. The number of carbonyl (C=O) groups is 2. The van der Waals surface area contributed by atoms with E-state index in [2.05, 4.69) is 4.74 Å². The Hall–Kier alpha value is -3.48. The van der Waals surface area contributed by atoms with E-state index in [1.807, 2.05) is 48.6 Å². The number of hydrogen-bond acceptors (Lipinski definition) is 6. The predicted octanol–water partition coefficient (Wildman–Crippen LogP) is 3.23. The van der Waals surface area contributed by atoms with Crippen LogP contribution in [0.3, 0.4) is 0 Å². The Balaban J connectivity index is 1.51. The molecule has 0 saturated heterocycles. The Morgan fingerprint density at radius 2 is 1.59 bits per heavy atom. The van der Waals surface area contributed by atoms with E-state index in [1.54, 1.807) is 0 Å². The lowest BCUT2D eigenvalue weighted by atomic mass is 9.91. The van der Waals surface area contributed by atoms with E-state index in [1.165, 1.54) is 24.3 Å². The Morgan fingerprint density at radius 3 is 2.28 bits per heavy atom. The van der Waals surface area contributed by atoms with Crippen molar-refractivity contribution in [2.45, 2.75) is 12.4 Å². The second-order valence-corrected chi connectivity index (χ2v) is 6.60. The summed E-state index contributed by atoms with van der Waals surface area (Å²) in [5, 5.41) is 20.0. The van der Waals surface area contributed by atoms with Gasteiger partial charge in [-0.15, -0.1) is 0 Å². The smallest absolute Gasteiger partial charge is 0.340 e. The molecule has 2 N–H and O–H groups in total. The Bertz CT molecular complexity index is 1090. The van der Waals surface area contributed by atoms with Crippen LogP contribution in [0.1, 0.15) is 37.9 Å². The van der Waals surface area contributed by atoms with E-state index in [0.717, 1.165) is 21.9 Å². The van der Waals surface area contributed by atoms with Crippen molar-refractivity contribution in [3.05, 3.63) is 89.0 Å². The van der Waals surface area contributed by atoms with Crippen molar-refractivity contribution in [3.63, 3.8) is 0 Å². The lowest BCUT2D eigenvalue weighted by Crippen LogP contribution is -2.21. The van der Waals surface area contributed by atoms with Crippen LogP contribution in [0.15, 0.2) is 66.7 Å². The highest BCUT2D eigenvalue weighted by Crippen LogP contribution is 2.35. The number of esters is 2. The van der Waals surface area contributed by atoms with Gasteiger partial charge in [0.25, 0.3) is 0 Å². The van der Waals surface area contributed by atoms with E-state index < -0.39 is 30.9 Å². The Kier molecular flexibility index (Phi) is 5.12. The molecule has 0 spiro atoms. The molecule has 0 amide bonds. The predicted molar refractivity (Wildman–Crippen MR) is 106 cm³/mol. The van der Waals surface area contributed by atoms with Crippen molar-refractivity contribution in [2.75, 3.05) is 6.61 Å². The molecule has 146 valence electrons. The molecule has 0 aliphatic heterocycles. The zero-order valence-electron chi connectivity index (χ0n) is 15.3. The first kappa shape index (κ1) is 18.9. The first-order valence-electron chi connectivity index (χ1n) is 9.07. The summed E-state index contributed by atoms with van der Waals surface area (Å²) in [6, 6.07) is 17.6. The summed E-state index contributed by atoms with van der Waals surface area (Å²) >= 11 is 0. The van der Waals surface area contributed by atoms with Gasteiger partial charge in [-0.25, -0.2) is 9.59 Å². The number of aliphatic hydroxyl groups is 2. The first-order chi connectivity index (χ1) is 14.1. The van der Waals surface area contributed by atoms with Gasteiger partial charge >= 0.3 is 11.9 Å². The molecule has 0 aromatic heterocycles. The molecular weight excluding hydrogens is 372 g/mol. The normalized spacial score (nSPS) is 15.7. The zero-order chi connectivity index (χ0) is 20.4. The molecule has 1 aliphatic carbocycles. The van der Waals surface area contributed by atoms with Gasteiger partial charge in [-0.2, -0.15) is 0 Å². The quantitative estimate of drug-likeness (QED) is 0.513. The molecule has 0 fully saturated rings. The van der Waals surface area contributed by atoms with Gasteiger partial charge in [-0.05, 0) is 46.7 Å². The van der Waals surface area contributed by atoms with Gasteiger partial charge in [0, 0.05) is 5.56 Å². The summed E-state index contributed by atoms with van der Waals surface area (Å²) in [4.78, 5) is 24.4. The van der Waals surface area contributed by atoms with E-state index in [4.69, 9.17) is 9.84 Å². The second-order valence-electron chi connectivity index (χ2n) is 6.60. The molecule has 0 radical (unpaired) electrons. The highest BCUT2D eigenvalue weighted by atomic mass is 16.6. The molecule has 0 bridgehead atoms. The van der Waals surface area contributed by atoms with E-state index in [0.29, 0.717) is 0 Å². The summed E-state index contributed by atoms with van der Waals surface area (Å²) in [5.74, 6) is -1.32. The molecule has 4 rings (SSSR count). The van der Waals surface area contributed by atoms with Crippen LogP contribution in [0.5, 0.6) is 0 Å². The van der Waals surface area contributed by atoms with Crippen LogP contribution in [0, 0.1) is 0 Å². The van der Waals surface area contributed by atoms with E-state index in [-0.39, 0.29) is 11.1 Å². The Labute approximate surface area is 166 Å². The summed E-state index contributed by atoms with van der Waals surface area (Å²) in [6.45, 7) is -0.694. The molecular formula is C23H18O6. The fraction of sp³-hybridized carbons (Fsp3) is 0.130. The van der Waals surface area contributed by atoms with Crippen LogP contribution in [0.2, 0.25) is 0 Å². The molecule has 3 aromatic rings. The summed E-state index contributed by atoms with van der Waals surface area (Å²) < 4.78 is 10.3. The first-order valence-corrected chi connectivity index (χ1v) is 9.07. The van der Waals surface area contributed by atoms with Gasteiger partial charge in [0.2, 0.25) is 6.29 Å². The standard InChI is InChI=1S/C23H18O6/c24-13-20(25)29-23(27)17-9-7-16(8-10-17)22(26)28-19-12-11-15-4-1-3-14-5-2-6-18(19)21(14)15/h1-12,19-20,24-25H,13H2. The maximum absolute atomic E-state index is 12.6. The van der Waals surface area contributed by atoms with Crippen LogP contribution in [-0.2, 0) is 9.47 Å². The molecule has 6 nitrogen and oxygen atoms in total. The van der Waals surface area contributed by atoms with Crippen LogP contribution < -0.4 is 0 Å². The zero-order valence-corrected chi connectivity index (χ0v) is 15.3. The molecule has 0 saturated carbocycles. The summed E-state index contributed by atoms with van der Waals surface area (Å²) in [5.41, 5.74) is 2.43. The maximum Gasteiger partial charge on any atom is 0.340 e. The van der Waals surface area contributed by atoms with Crippen LogP contribution in [0.25, 0.3) is 16.8 Å². The highest BCUT2D eigenvalue weighted by Gasteiger charge is 2.22. The molecule has 29 heavy (non-hydrogen) atoms. The van der Waals surface area contributed by atoms with E-state index >= 15 is 0 Å². The lowest BCUT2D eigenvalue weighted by Gasteiger charge is -2.21. The van der Waals surface area contributed by atoms with Gasteiger partial charge in [-0.1, -0.05) is 42.5 Å². The number of carbonyl (C=O) groups excluding carboxylic acids is 2. The van der Waals surface area contributed by atoms with Gasteiger partial charge in [0.05, 0.1) is 11.1 Å². The largest absolute Gasteiger partial charge is 0.450 e. The molecule has 2 atom stereocenters. The number of aliphatic hydroxyl groups excluding tert-OH is 2. The van der Waals surface area contributed by atoms with Gasteiger partial charge in [-0.3, -0.25) is 0 Å². The van der Waals surface area contributed by atoms with Gasteiger partial charge in [0.1, 0.15) is 12.7 Å². The lowest BCUT2D eigenvalue weighted by molar-refractivity contribution is -0.0904. The third-order valence-electron chi connectivity index (χ3n) is 4.72. The third-order valence-corrected chi connectivity index (χ3v) is 4.72. The highest BCUT2D eigenvalue weighted by molar-refractivity contribution is 5.97. The van der Waals surface area contributed by atoms with Crippen LogP contribution in [0.4, 0.5) is 0 Å². The Morgan fingerprint density at radius 1 is 0.931 bits per heavy atom. The summed E-state index contributed by atoms with van der Waals surface area (Å²) in [7, 11) is 0.